The van der Waals surface area contributed by atoms with E-state index < -0.39 is 264 Å². The average Bonchev–Trinajstić information content (AvgIpc) is 1.69. The Hall–Kier alpha value is -7.51. The first kappa shape index (κ1) is 110. The lowest BCUT2D eigenvalue weighted by atomic mass is 9.91. The minimum Gasteiger partial charge on any atom is -0.448 e. The molecule has 4 rings (SSSR count). The van der Waals surface area contributed by atoms with Crippen molar-refractivity contribution in [3.63, 3.8) is 0 Å². The number of carbonyl (C=O) groups is 11. The summed E-state index contributed by atoms with van der Waals surface area (Å²) in [4.78, 5) is 143. The molecule has 24 N–H and O–H groups in total. The highest BCUT2D eigenvalue weighted by atomic mass is 16.7. The lowest BCUT2D eigenvalue weighted by molar-refractivity contribution is -0.270. The van der Waals surface area contributed by atoms with E-state index >= 15 is 0 Å². The molecule has 125 heavy (non-hydrogen) atoms. The Balaban J connectivity index is 1.37. The van der Waals surface area contributed by atoms with E-state index in [2.05, 4.69) is 53.2 Å². The van der Waals surface area contributed by atoms with Crippen molar-refractivity contribution < 1.29 is 181 Å². The number of hydrogen-bond donors (Lipinski definition) is 24. The molecule has 0 saturated carbocycles. The Labute approximate surface area is 724 Å². The van der Waals surface area contributed by atoms with E-state index in [1.54, 1.807) is 0 Å². The number of aliphatic hydroxyl groups is 14. The molecule has 4 fully saturated rings. The van der Waals surface area contributed by atoms with Crippen LogP contribution in [0.1, 0.15) is 131 Å². The summed E-state index contributed by atoms with van der Waals surface area (Å²) in [5, 5.41) is 169. The molecule has 4 aliphatic rings. The van der Waals surface area contributed by atoms with Gasteiger partial charge in [0.15, 0.2) is 31.3 Å². The Morgan fingerprint density at radius 1 is 0.360 bits per heavy atom. The highest BCUT2D eigenvalue weighted by Crippen LogP contribution is 2.28. The van der Waals surface area contributed by atoms with Crippen LogP contribution in [0.3, 0.4) is 0 Å². The normalized spacial score (nSPS) is 27.4. The number of nitrogens with one attached hydrogen (secondary N) is 10. The molecule has 0 radical (unpaired) electrons. The molecule has 0 aliphatic carbocycles. The predicted octanol–water partition coefficient (Wildman–Crippen LogP) is -7.88. The molecule has 0 bridgehead atoms. The first-order chi connectivity index (χ1) is 59.5. The number of aliphatic hydroxyl groups excluding tert-OH is 14. The van der Waals surface area contributed by atoms with Crippen molar-refractivity contribution in [1.29, 1.82) is 0 Å². The summed E-state index contributed by atoms with van der Waals surface area (Å²) >= 11 is 0. The first-order valence-electron chi connectivity index (χ1n) is 42.2. The molecule has 23 atom stereocenters. The molecule has 722 valence electrons. The van der Waals surface area contributed by atoms with Crippen molar-refractivity contribution in [2.75, 3.05) is 151 Å². The summed E-state index contributed by atoms with van der Waals surface area (Å²) in [6.45, 7) is 0.996. The summed E-state index contributed by atoms with van der Waals surface area (Å²) in [7, 11) is 0. The fraction of sp³-hybridized carbons (Fsp3) is 0.857. The van der Waals surface area contributed by atoms with Crippen LogP contribution >= 0.6 is 0 Å². The molecule has 48 nitrogen and oxygen atoms in total. The van der Waals surface area contributed by atoms with Gasteiger partial charge in [-0.05, 0) is 104 Å². The van der Waals surface area contributed by atoms with E-state index in [0.717, 1.165) is 4.90 Å². The van der Waals surface area contributed by atoms with Gasteiger partial charge in [-0.3, -0.25) is 33.6 Å². The minimum atomic E-state index is -1.90. The summed E-state index contributed by atoms with van der Waals surface area (Å²) in [6.07, 6.45) is -20.0. The number of nitrogens with zero attached hydrogens (tertiary/aromatic N) is 1. The van der Waals surface area contributed by atoms with Crippen LogP contribution in [0, 0.1) is 22.7 Å². The van der Waals surface area contributed by atoms with E-state index in [1.165, 1.54) is 41.5 Å². The number of hydrogen-bond acceptors (Lipinski definition) is 37. The zero-order valence-electron chi connectivity index (χ0n) is 71.9. The first-order valence-corrected chi connectivity index (χ1v) is 42.2. The van der Waals surface area contributed by atoms with Crippen LogP contribution in [0.25, 0.3) is 0 Å². The van der Waals surface area contributed by atoms with Gasteiger partial charge in [-0.15, -0.1) is 0 Å². The highest BCUT2D eigenvalue weighted by Gasteiger charge is 2.49. The second-order valence-corrected chi connectivity index (χ2v) is 31.7. The molecule has 0 spiro atoms. The number of carbonyl (C=O) groups excluding carboxylic acids is 11. The number of alkyl carbamates (subject to hydrolysis) is 4. The predicted molar refractivity (Wildman–Crippen MR) is 428 cm³/mol. The van der Waals surface area contributed by atoms with Gasteiger partial charge in [-0.1, -0.05) is 0 Å². The maximum Gasteiger partial charge on any atom is 0.407 e. The van der Waals surface area contributed by atoms with Gasteiger partial charge in [0.05, 0.1) is 58.5 Å². The van der Waals surface area contributed by atoms with Gasteiger partial charge >= 0.3 is 24.4 Å². The molecule has 48 heteroatoms. The third kappa shape index (κ3) is 38.8. The largest absolute Gasteiger partial charge is 0.448 e. The summed E-state index contributed by atoms with van der Waals surface area (Å²) in [5.41, 5.74) is -3.57. The van der Waals surface area contributed by atoms with Gasteiger partial charge in [0.25, 0.3) is 5.91 Å². The van der Waals surface area contributed by atoms with E-state index in [4.69, 9.17) is 56.8 Å². The lowest BCUT2D eigenvalue weighted by Gasteiger charge is -2.42. The Bertz CT molecular complexity index is 3030. The highest BCUT2D eigenvalue weighted by molar-refractivity contribution is 5.84. The van der Waals surface area contributed by atoms with Crippen molar-refractivity contribution in [1.82, 2.24) is 58.1 Å². The van der Waals surface area contributed by atoms with E-state index in [9.17, 15) is 124 Å². The maximum atomic E-state index is 14.2. The maximum absolute atomic E-state index is 14.2. The molecule has 0 aromatic heterocycles. The molecule has 0 aromatic rings. The molecule has 11 amide bonds. The van der Waals surface area contributed by atoms with Crippen LogP contribution in [-0.4, -0.2) is 410 Å². The minimum absolute atomic E-state index is 0.0161. The molecule has 4 aliphatic heterocycles. The Kier molecular flexibility index (Phi) is 51.7. The van der Waals surface area contributed by atoms with Crippen LogP contribution in [0.2, 0.25) is 0 Å². The molecule has 0 aromatic carbocycles. The fourth-order valence-corrected chi connectivity index (χ4v) is 13.4. The van der Waals surface area contributed by atoms with Crippen LogP contribution in [0.5, 0.6) is 0 Å². The van der Waals surface area contributed by atoms with Crippen LogP contribution in [0.15, 0.2) is 0 Å². The number of amides is 11. The van der Waals surface area contributed by atoms with Gasteiger partial charge < -0.3 is 186 Å². The summed E-state index contributed by atoms with van der Waals surface area (Å²) in [6, 6.07) is -4.62. The zero-order valence-corrected chi connectivity index (χ0v) is 71.9. The van der Waals surface area contributed by atoms with Gasteiger partial charge in [-0.25, -0.2) is 19.2 Å². The molecule has 4 heterocycles. The second kappa shape index (κ2) is 58.8. The van der Waals surface area contributed by atoms with E-state index in [0.29, 0.717) is 77.0 Å². The van der Waals surface area contributed by atoms with Crippen molar-refractivity contribution in [3.05, 3.63) is 0 Å². The number of rotatable bonds is 56. The summed E-state index contributed by atoms with van der Waals surface area (Å²) < 4.78 is 67.6. The number of unbranched alkanes of at least 4 members (excludes halogenated alkanes) is 8. The third-order valence-electron chi connectivity index (χ3n) is 20.9. The van der Waals surface area contributed by atoms with Gasteiger partial charge in [0.2, 0.25) is 35.4 Å². The van der Waals surface area contributed by atoms with Crippen molar-refractivity contribution in [3.8, 4) is 0 Å². The zero-order chi connectivity index (χ0) is 92.8. The van der Waals surface area contributed by atoms with Gasteiger partial charge in [0, 0.05) is 118 Å². The molecular formula is C77H137N11O37. The monoisotopic (exact) mass is 1810 g/mol. The van der Waals surface area contributed by atoms with Crippen molar-refractivity contribution in [2.24, 2.45) is 22.7 Å². The SMILES string of the molecule is CC(=O)NC1C(O)[C@@H](O)C(CO)CO[C@H]1OCCCCCNC(=O)OCC(C)(COC(=O)NCCCCCO[C@@H]1OC(CO)[C@H](O)C(O)C1NC(C)=O)C(=O)NCCCN(CCCNC(=O)C(C)(COC(=O)NCCCCCO[C@@H]1OCC(CO)[C@H](O)C(O)C1NC(C)=O)COC(=O)NCCCCCO[C@@H]1O[C@H](CO)[C@H](O)C(O)C1NC(C)=O)C(=O)C(O)CO. The molecule has 14 unspecified atom stereocenters. The lowest BCUT2D eigenvalue weighted by Crippen LogP contribution is -2.64. The smallest absolute Gasteiger partial charge is 0.407 e. The quantitative estimate of drug-likeness (QED) is 0.0199. The van der Waals surface area contributed by atoms with Crippen LogP contribution in [-0.2, 0) is 90.4 Å². The van der Waals surface area contributed by atoms with Crippen molar-refractivity contribution >= 4 is 65.7 Å². The molecule has 4 saturated heterocycles. The average molecular weight is 1810 g/mol. The fourth-order valence-electron chi connectivity index (χ4n) is 13.4. The van der Waals surface area contributed by atoms with Crippen LogP contribution in [0.4, 0.5) is 19.2 Å². The van der Waals surface area contributed by atoms with E-state index in [1.807, 2.05) is 0 Å². The molecular weight excluding hydrogens is 1670 g/mol. The Morgan fingerprint density at radius 2 is 0.632 bits per heavy atom. The second-order valence-electron chi connectivity index (χ2n) is 31.7. The van der Waals surface area contributed by atoms with Crippen molar-refractivity contribution in [2.45, 2.75) is 248 Å². The third-order valence-corrected chi connectivity index (χ3v) is 20.9. The number of ether oxygens (including phenoxy) is 12. The van der Waals surface area contributed by atoms with Gasteiger partial charge in [0.1, 0.15) is 110 Å². The standard InChI is InChI=1S/C77H137N11O37/c1-44(94)84-53-61(103)57(99)48(33-89)38-118-66(53)114-29-15-7-11-21-80-72(110)120-40-76(5,42-122-74(112)82-23-13-9-17-31-116-68-55(86-46(3)96)63(105)59(101)51(36-92)124-68)70(108)78-25-19-27-88(65(107)50(98)35-91)28-20-26-79-71(109)77(6,43-123-75(113)83-24-14-10-18-32-117-69-56(87-47(4)97)64(106)60(102)52(37-93)125-69)41-121-73(111)81-22-12-8-16-30-115-67-54(85-45(2)95)62(104)58(100)49(34-90)39-119-67/h48-64,66-69,89-93,98-106H,7-43H2,1-6H3,(H,78,108)(H,79,109)(H,80,110)(H,81,111)(H,82,112)(H,83,113)(H,84,94)(H,85,95)(H,86,96)(H,87,97)/t48?,49?,50?,51-,52?,53?,54?,55?,56?,57+,58+,59+,60+,61?,62?,63?,64?,66-,67-,68-,69-,76?,77?/m1/s1. The van der Waals surface area contributed by atoms with E-state index in [-0.39, 0.29) is 105 Å². The topological polar surface area (TPSA) is 705 Å². The van der Waals surface area contributed by atoms with Gasteiger partial charge in [-0.2, -0.15) is 0 Å². The van der Waals surface area contributed by atoms with Crippen LogP contribution < -0.4 is 53.2 Å². The summed E-state index contributed by atoms with van der Waals surface area (Å²) in [5.74, 6) is -6.34. The Morgan fingerprint density at radius 3 is 0.904 bits per heavy atom.